The maximum atomic E-state index is 10.0. The highest BCUT2D eigenvalue weighted by molar-refractivity contribution is 5.83. The first-order valence-electron chi connectivity index (χ1n) is 6.83. The molecule has 2 N–H and O–H groups in total. The number of benzene rings is 1. The summed E-state index contributed by atoms with van der Waals surface area (Å²) in [5, 5.41) is 18.2. The molecule has 0 unspecified atom stereocenters. The highest BCUT2D eigenvalue weighted by Gasteiger charge is 2.11. The van der Waals surface area contributed by atoms with E-state index < -0.39 is 0 Å². The van der Waals surface area contributed by atoms with E-state index in [1.54, 1.807) is 12.1 Å². The standard InChI is InChI=1S/C15H18N2O3/c16-15-2-1-12-13(18)9-11(10-14(12)20-15)3-4-17-5-7-19-8-6-17/h1-2,9-10,16,18H,3-8H2. The fraction of sp³-hybridized carbons (Fsp3) is 0.400. The second kappa shape index (κ2) is 5.64. The van der Waals surface area contributed by atoms with Crippen molar-refractivity contribution in [1.82, 2.24) is 4.90 Å². The predicted molar refractivity (Wildman–Crippen MR) is 74.7 cm³/mol. The van der Waals surface area contributed by atoms with E-state index in [0.717, 1.165) is 44.8 Å². The zero-order valence-electron chi connectivity index (χ0n) is 11.3. The molecule has 0 aliphatic carbocycles. The lowest BCUT2D eigenvalue weighted by Crippen LogP contribution is -2.37. The molecule has 0 atom stereocenters. The molecule has 1 aliphatic rings. The molecule has 5 heteroatoms. The molecule has 2 heterocycles. The Morgan fingerprint density at radius 1 is 1.20 bits per heavy atom. The molecule has 1 aromatic heterocycles. The first-order chi connectivity index (χ1) is 9.72. The Kier molecular flexibility index (Phi) is 3.71. The summed E-state index contributed by atoms with van der Waals surface area (Å²) in [5.41, 5.74) is 1.69. The van der Waals surface area contributed by atoms with Crippen molar-refractivity contribution in [3.05, 3.63) is 35.4 Å². The van der Waals surface area contributed by atoms with Gasteiger partial charge < -0.3 is 14.3 Å². The molecule has 1 fully saturated rings. The number of fused-ring (bicyclic) bond motifs is 1. The van der Waals surface area contributed by atoms with Gasteiger partial charge in [0, 0.05) is 25.7 Å². The van der Waals surface area contributed by atoms with Gasteiger partial charge in [-0.05, 0) is 30.2 Å². The van der Waals surface area contributed by atoms with Crippen molar-refractivity contribution in [2.24, 2.45) is 0 Å². The maximum absolute atomic E-state index is 10.0. The van der Waals surface area contributed by atoms with Crippen LogP contribution in [0.3, 0.4) is 0 Å². The van der Waals surface area contributed by atoms with Crippen LogP contribution < -0.4 is 5.55 Å². The molecule has 0 amide bonds. The summed E-state index contributed by atoms with van der Waals surface area (Å²) in [4.78, 5) is 2.35. The fourth-order valence-electron chi connectivity index (χ4n) is 2.49. The van der Waals surface area contributed by atoms with E-state index in [4.69, 9.17) is 14.6 Å². The summed E-state index contributed by atoms with van der Waals surface area (Å²) in [7, 11) is 0. The molecule has 5 nitrogen and oxygen atoms in total. The summed E-state index contributed by atoms with van der Waals surface area (Å²) in [6, 6.07) is 6.94. The minimum absolute atomic E-state index is 0.0993. The number of morpholine rings is 1. The molecular weight excluding hydrogens is 256 g/mol. The van der Waals surface area contributed by atoms with Crippen LogP contribution in [0.25, 0.3) is 11.0 Å². The van der Waals surface area contributed by atoms with E-state index in [2.05, 4.69) is 4.90 Å². The Balaban J connectivity index is 1.79. The van der Waals surface area contributed by atoms with E-state index in [0.29, 0.717) is 11.0 Å². The topological polar surface area (TPSA) is 69.7 Å². The van der Waals surface area contributed by atoms with Gasteiger partial charge in [0.25, 0.3) is 0 Å². The van der Waals surface area contributed by atoms with Crippen molar-refractivity contribution >= 4 is 11.0 Å². The van der Waals surface area contributed by atoms with E-state index in [1.807, 2.05) is 6.07 Å². The van der Waals surface area contributed by atoms with Gasteiger partial charge in [-0.1, -0.05) is 0 Å². The van der Waals surface area contributed by atoms with Crippen LogP contribution >= 0.6 is 0 Å². The van der Waals surface area contributed by atoms with Gasteiger partial charge in [-0.2, -0.15) is 0 Å². The summed E-state index contributed by atoms with van der Waals surface area (Å²) in [6.45, 7) is 4.44. The predicted octanol–water partition coefficient (Wildman–Crippen LogP) is 1.49. The first-order valence-corrected chi connectivity index (χ1v) is 6.83. The van der Waals surface area contributed by atoms with Crippen molar-refractivity contribution < 1.29 is 14.3 Å². The van der Waals surface area contributed by atoms with Gasteiger partial charge in [-0.25, -0.2) is 0 Å². The lowest BCUT2D eigenvalue weighted by molar-refractivity contribution is 0.0384. The third kappa shape index (κ3) is 2.84. The summed E-state index contributed by atoms with van der Waals surface area (Å²) < 4.78 is 10.7. The monoisotopic (exact) mass is 274 g/mol. The Morgan fingerprint density at radius 3 is 2.80 bits per heavy atom. The second-order valence-electron chi connectivity index (χ2n) is 5.03. The van der Waals surface area contributed by atoms with Gasteiger partial charge in [0.05, 0.1) is 18.6 Å². The van der Waals surface area contributed by atoms with Crippen LogP contribution in [-0.4, -0.2) is 42.9 Å². The molecule has 0 saturated carbocycles. The average molecular weight is 274 g/mol. The molecule has 0 radical (unpaired) electrons. The number of phenols is 1. The molecule has 2 aromatic rings. The molecule has 1 aliphatic heterocycles. The van der Waals surface area contributed by atoms with Crippen molar-refractivity contribution in [3.63, 3.8) is 0 Å². The van der Waals surface area contributed by atoms with Crippen molar-refractivity contribution in [2.75, 3.05) is 32.8 Å². The van der Waals surface area contributed by atoms with Crippen molar-refractivity contribution in [1.29, 1.82) is 5.41 Å². The van der Waals surface area contributed by atoms with E-state index in [1.165, 1.54) is 6.07 Å². The molecule has 0 spiro atoms. The van der Waals surface area contributed by atoms with Gasteiger partial charge in [0.1, 0.15) is 11.3 Å². The zero-order valence-corrected chi connectivity index (χ0v) is 11.3. The Bertz CT molecular complexity index is 660. The second-order valence-corrected chi connectivity index (χ2v) is 5.03. The summed E-state index contributed by atoms with van der Waals surface area (Å²) in [5.74, 6) is 0.211. The van der Waals surface area contributed by atoms with Gasteiger partial charge in [-0.15, -0.1) is 0 Å². The van der Waals surface area contributed by atoms with Crippen LogP contribution in [0.2, 0.25) is 0 Å². The minimum Gasteiger partial charge on any atom is -0.507 e. The Hall–Kier alpha value is -1.85. The van der Waals surface area contributed by atoms with Crippen LogP contribution in [0.15, 0.2) is 28.7 Å². The van der Waals surface area contributed by atoms with Crippen LogP contribution in [0.1, 0.15) is 5.56 Å². The van der Waals surface area contributed by atoms with Crippen LogP contribution in [-0.2, 0) is 11.2 Å². The maximum Gasteiger partial charge on any atom is 0.211 e. The number of nitrogens with zero attached hydrogens (tertiary/aromatic N) is 1. The van der Waals surface area contributed by atoms with Crippen LogP contribution in [0, 0.1) is 5.41 Å². The molecule has 20 heavy (non-hydrogen) atoms. The van der Waals surface area contributed by atoms with E-state index in [9.17, 15) is 5.11 Å². The number of ether oxygens (including phenoxy) is 1. The minimum atomic E-state index is 0.0993. The largest absolute Gasteiger partial charge is 0.507 e. The Labute approximate surface area is 116 Å². The van der Waals surface area contributed by atoms with Gasteiger partial charge in [0.15, 0.2) is 0 Å². The van der Waals surface area contributed by atoms with E-state index in [-0.39, 0.29) is 11.3 Å². The lowest BCUT2D eigenvalue weighted by Gasteiger charge is -2.26. The number of phenolic OH excluding ortho intramolecular Hbond substituents is 1. The third-order valence-electron chi connectivity index (χ3n) is 3.62. The lowest BCUT2D eigenvalue weighted by atomic mass is 10.1. The highest BCUT2D eigenvalue weighted by atomic mass is 16.5. The number of rotatable bonds is 3. The Morgan fingerprint density at radius 2 is 2.00 bits per heavy atom. The number of aromatic hydroxyl groups is 1. The molecular formula is C15H18N2O3. The van der Waals surface area contributed by atoms with Gasteiger partial charge >= 0.3 is 0 Å². The van der Waals surface area contributed by atoms with Crippen molar-refractivity contribution in [3.8, 4) is 5.75 Å². The molecule has 106 valence electrons. The van der Waals surface area contributed by atoms with Gasteiger partial charge in [-0.3, -0.25) is 10.3 Å². The zero-order chi connectivity index (χ0) is 13.9. The first kappa shape index (κ1) is 13.1. The van der Waals surface area contributed by atoms with Crippen LogP contribution in [0.4, 0.5) is 0 Å². The highest BCUT2D eigenvalue weighted by Crippen LogP contribution is 2.25. The molecule has 3 rings (SSSR count). The third-order valence-corrected chi connectivity index (χ3v) is 3.62. The normalized spacial score (nSPS) is 16.6. The molecule has 0 bridgehead atoms. The molecule has 1 saturated heterocycles. The SMILES string of the molecule is N=c1ccc2c(O)cc(CCN3CCOCC3)cc2o1. The summed E-state index contributed by atoms with van der Waals surface area (Å²) in [6.07, 6.45) is 0.848. The van der Waals surface area contributed by atoms with Gasteiger partial charge in [0.2, 0.25) is 5.55 Å². The fourth-order valence-corrected chi connectivity index (χ4v) is 2.49. The quantitative estimate of drug-likeness (QED) is 0.889. The molecule has 1 aromatic carbocycles. The number of hydrogen-bond donors (Lipinski definition) is 2. The van der Waals surface area contributed by atoms with Crippen molar-refractivity contribution in [2.45, 2.75) is 6.42 Å². The number of hydrogen-bond acceptors (Lipinski definition) is 5. The van der Waals surface area contributed by atoms with Crippen LogP contribution in [0.5, 0.6) is 5.75 Å². The average Bonchev–Trinajstić information content (AvgIpc) is 2.46. The number of nitrogens with one attached hydrogen (secondary N) is 1. The smallest absolute Gasteiger partial charge is 0.211 e. The summed E-state index contributed by atoms with van der Waals surface area (Å²) >= 11 is 0. The van der Waals surface area contributed by atoms with E-state index >= 15 is 0 Å².